The molecule has 1 amide bonds. The third-order valence-electron chi connectivity index (χ3n) is 5.04. The Labute approximate surface area is 183 Å². The smallest absolute Gasteiger partial charge is 0.256 e. The van der Waals surface area contributed by atoms with E-state index in [1.54, 1.807) is 16.9 Å². The molecule has 9 heteroatoms. The van der Waals surface area contributed by atoms with Gasteiger partial charge in [0, 0.05) is 35.6 Å². The summed E-state index contributed by atoms with van der Waals surface area (Å²) in [5, 5.41) is 7.12. The number of sulfonamides is 1. The molecule has 1 N–H and O–H groups in total. The maximum Gasteiger partial charge on any atom is 0.256 e. The molecule has 0 bridgehead atoms. The van der Waals surface area contributed by atoms with Crippen molar-refractivity contribution in [2.24, 2.45) is 0 Å². The number of rotatable bonds is 6. The number of benzene rings is 2. The molecule has 0 spiro atoms. The summed E-state index contributed by atoms with van der Waals surface area (Å²) in [4.78, 5) is 13.1. The Kier molecular flexibility index (Phi) is 6.03. The lowest BCUT2D eigenvalue weighted by atomic mass is 10.1. The molecule has 3 aromatic rings. The quantitative estimate of drug-likeness (QED) is 0.572. The van der Waals surface area contributed by atoms with Crippen molar-refractivity contribution in [3.8, 4) is 0 Å². The molecule has 0 atom stereocenters. The Bertz CT molecular complexity index is 1160. The van der Waals surface area contributed by atoms with Gasteiger partial charge in [-0.3, -0.25) is 9.48 Å². The first-order chi connectivity index (χ1) is 14.4. The monoisotopic (exact) mass is 488 g/mol. The van der Waals surface area contributed by atoms with Crippen LogP contribution in [-0.2, 0) is 16.6 Å². The second-order valence-electron chi connectivity index (χ2n) is 7.07. The molecule has 1 aliphatic rings. The van der Waals surface area contributed by atoms with E-state index in [1.807, 2.05) is 36.5 Å². The molecule has 0 unspecified atom stereocenters. The van der Waals surface area contributed by atoms with E-state index >= 15 is 0 Å². The van der Waals surface area contributed by atoms with Crippen LogP contribution in [0.1, 0.15) is 28.8 Å². The first kappa shape index (κ1) is 20.8. The summed E-state index contributed by atoms with van der Waals surface area (Å²) in [5.74, 6) is -0.381. The Balaban J connectivity index is 1.60. The van der Waals surface area contributed by atoms with Crippen LogP contribution in [0.25, 0.3) is 0 Å². The van der Waals surface area contributed by atoms with Gasteiger partial charge in [0.15, 0.2) is 0 Å². The molecule has 1 aromatic heterocycles. The van der Waals surface area contributed by atoms with Crippen LogP contribution in [0.4, 0.5) is 5.69 Å². The van der Waals surface area contributed by atoms with Crippen molar-refractivity contribution in [3.05, 3.63) is 76.5 Å². The zero-order valence-electron chi connectivity index (χ0n) is 16.2. The molecule has 2 heterocycles. The van der Waals surface area contributed by atoms with Crippen LogP contribution < -0.4 is 5.32 Å². The Hall–Kier alpha value is -2.49. The van der Waals surface area contributed by atoms with Crippen LogP contribution in [0, 0.1) is 0 Å². The van der Waals surface area contributed by atoms with E-state index in [0.29, 0.717) is 29.8 Å². The van der Waals surface area contributed by atoms with E-state index in [4.69, 9.17) is 0 Å². The molecule has 1 aliphatic heterocycles. The van der Waals surface area contributed by atoms with Crippen molar-refractivity contribution in [1.82, 2.24) is 14.1 Å². The number of hydrogen-bond acceptors (Lipinski definition) is 4. The molecule has 7 nitrogen and oxygen atoms in total. The summed E-state index contributed by atoms with van der Waals surface area (Å²) in [6.45, 7) is 1.54. The van der Waals surface area contributed by atoms with Gasteiger partial charge in [0.2, 0.25) is 10.0 Å². The normalized spacial score (nSPS) is 14.7. The van der Waals surface area contributed by atoms with Crippen molar-refractivity contribution in [2.75, 3.05) is 18.4 Å². The number of carbonyl (C=O) groups excluding carboxylic acids is 1. The molecule has 2 aromatic carbocycles. The maximum absolute atomic E-state index is 13.0. The third kappa shape index (κ3) is 4.33. The van der Waals surface area contributed by atoms with E-state index in [-0.39, 0.29) is 16.4 Å². The van der Waals surface area contributed by atoms with Gasteiger partial charge in [0.25, 0.3) is 5.91 Å². The topological polar surface area (TPSA) is 84.3 Å². The fraction of sp³-hybridized carbons (Fsp3) is 0.238. The number of para-hydroxylation sites is 1. The van der Waals surface area contributed by atoms with E-state index < -0.39 is 10.0 Å². The Morgan fingerprint density at radius 1 is 1.10 bits per heavy atom. The zero-order chi connectivity index (χ0) is 21.1. The summed E-state index contributed by atoms with van der Waals surface area (Å²) in [6, 6.07) is 13.9. The van der Waals surface area contributed by atoms with Crippen LogP contribution in [-0.4, -0.2) is 41.5 Å². The van der Waals surface area contributed by atoms with Gasteiger partial charge in [-0.25, -0.2) is 8.42 Å². The van der Waals surface area contributed by atoms with Crippen molar-refractivity contribution in [2.45, 2.75) is 24.3 Å². The van der Waals surface area contributed by atoms with Gasteiger partial charge in [0.05, 0.1) is 17.0 Å². The SMILES string of the molecule is O=C(Nc1ccccc1Cn1cccn1)c1cc(S(=O)(=O)N2CCCC2)ccc1Br. The van der Waals surface area contributed by atoms with Crippen molar-refractivity contribution >= 4 is 37.5 Å². The molecular formula is C21H21BrN4O3S. The minimum absolute atomic E-state index is 0.127. The number of nitrogens with zero attached hydrogens (tertiary/aromatic N) is 3. The number of carbonyl (C=O) groups is 1. The predicted molar refractivity (Wildman–Crippen MR) is 118 cm³/mol. The Morgan fingerprint density at radius 3 is 2.60 bits per heavy atom. The largest absolute Gasteiger partial charge is 0.322 e. The van der Waals surface area contributed by atoms with E-state index in [2.05, 4.69) is 26.3 Å². The van der Waals surface area contributed by atoms with E-state index in [1.165, 1.54) is 16.4 Å². The highest BCUT2D eigenvalue weighted by atomic mass is 79.9. The summed E-state index contributed by atoms with van der Waals surface area (Å²) in [6.07, 6.45) is 5.26. The van der Waals surface area contributed by atoms with E-state index in [0.717, 1.165) is 18.4 Å². The lowest BCUT2D eigenvalue weighted by Crippen LogP contribution is -2.28. The van der Waals surface area contributed by atoms with Gasteiger partial charge in [0.1, 0.15) is 0 Å². The number of aromatic nitrogens is 2. The molecule has 0 saturated carbocycles. The van der Waals surface area contributed by atoms with Gasteiger partial charge in [-0.15, -0.1) is 0 Å². The standard InChI is InChI=1S/C21H21BrN4O3S/c22-19-9-8-17(30(28,29)26-12-3-4-13-26)14-18(19)21(27)24-20-7-2-1-6-16(20)15-25-11-5-10-23-25/h1-2,5-11,14H,3-4,12-13,15H2,(H,24,27). The van der Waals surface area contributed by atoms with Crippen molar-refractivity contribution < 1.29 is 13.2 Å². The first-order valence-electron chi connectivity index (χ1n) is 9.61. The lowest BCUT2D eigenvalue weighted by molar-refractivity contribution is 0.102. The fourth-order valence-corrected chi connectivity index (χ4v) is 5.43. The first-order valence-corrected chi connectivity index (χ1v) is 11.8. The van der Waals surface area contributed by atoms with Crippen LogP contribution in [0.2, 0.25) is 0 Å². The van der Waals surface area contributed by atoms with Gasteiger partial charge in [-0.05, 0) is 64.7 Å². The predicted octanol–water partition coefficient (Wildman–Crippen LogP) is 3.73. The van der Waals surface area contributed by atoms with Crippen LogP contribution in [0.15, 0.2) is 70.3 Å². The number of nitrogens with one attached hydrogen (secondary N) is 1. The highest BCUT2D eigenvalue weighted by Gasteiger charge is 2.28. The highest BCUT2D eigenvalue weighted by Crippen LogP contribution is 2.27. The molecule has 0 radical (unpaired) electrons. The van der Waals surface area contributed by atoms with Crippen LogP contribution in [0.5, 0.6) is 0 Å². The maximum atomic E-state index is 13.0. The van der Waals surface area contributed by atoms with Gasteiger partial charge >= 0.3 is 0 Å². The van der Waals surface area contributed by atoms with Gasteiger partial charge < -0.3 is 5.32 Å². The number of halogens is 1. The van der Waals surface area contributed by atoms with Crippen molar-refractivity contribution in [1.29, 1.82) is 0 Å². The lowest BCUT2D eigenvalue weighted by Gasteiger charge is -2.17. The summed E-state index contributed by atoms with van der Waals surface area (Å²) in [5.41, 5.74) is 1.81. The summed E-state index contributed by atoms with van der Waals surface area (Å²) in [7, 11) is -3.61. The van der Waals surface area contributed by atoms with Gasteiger partial charge in [-0.1, -0.05) is 18.2 Å². The number of hydrogen-bond donors (Lipinski definition) is 1. The van der Waals surface area contributed by atoms with E-state index in [9.17, 15) is 13.2 Å². The van der Waals surface area contributed by atoms with Crippen LogP contribution >= 0.6 is 15.9 Å². The average Bonchev–Trinajstić information content (AvgIpc) is 3.44. The molecule has 30 heavy (non-hydrogen) atoms. The van der Waals surface area contributed by atoms with Crippen LogP contribution in [0.3, 0.4) is 0 Å². The number of amides is 1. The molecule has 1 fully saturated rings. The zero-order valence-corrected chi connectivity index (χ0v) is 18.6. The Morgan fingerprint density at radius 2 is 1.87 bits per heavy atom. The summed E-state index contributed by atoms with van der Waals surface area (Å²) >= 11 is 3.38. The second kappa shape index (κ2) is 8.71. The highest BCUT2D eigenvalue weighted by molar-refractivity contribution is 9.10. The van der Waals surface area contributed by atoms with Gasteiger partial charge in [-0.2, -0.15) is 9.40 Å². The molecule has 156 valence electrons. The second-order valence-corrected chi connectivity index (χ2v) is 9.86. The third-order valence-corrected chi connectivity index (χ3v) is 7.63. The fourth-order valence-electron chi connectivity index (χ4n) is 3.45. The minimum atomic E-state index is -3.61. The minimum Gasteiger partial charge on any atom is -0.322 e. The van der Waals surface area contributed by atoms with Crippen molar-refractivity contribution in [3.63, 3.8) is 0 Å². The summed E-state index contributed by atoms with van der Waals surface area (Å²) < 4.78 is 29.5. The average molecular weight is 489 g/mol. The molecular weight excluding hydrogens is 468 g/mol. The molecule has 0 aliphatic carbocycles. The molecule has 1 saturated heterocycles. The number of anilines is 1. The molecule has 4 rings (SSSR count).